The summed E-state index contributed by atoms with van der Waals surface area (Å²) in [6.07, 6.45) is -5.39. The van der Waals surface area contributed by atoms with E-state index in [0.29, 0.717) is 48.8 Å². The number of pyridine rings is 1. The van der Waals surface area contributed by atoms with E-state index in [1.54, 1.807) is 23.1 Å². The van der Waals surface area contributed by atoms with Gasteiger partial charge in [0.25, 0.3) is 11.8 Å². The number of aliphatic carboxylic acids is 1. The van der Waals surface area contributed by atoms with Crippen LogP contribution >= 0.6 is 0 Å². The Balaban J connectivity index is 0.000000591. The van der Waals surface area contributed by atoms with Gasteiger partial charge in [-0.15, -0.1) is 0 Å². The average Bonchev–Trinajstić information content (AvgIpc) is 3.53. The topological polar surface area (TPSA) is 141 Å². The van der Waals surface area contributed by atoms with Gasteiger partial charge in [0.05, 0.1) is 17.1 Å². The molecule has 0 bridgehead atoms. The van der Waals surface area contributed by atoms with E-state index in [-0.39, 0.29) is 25.5 Å². The summed E-state index contributed by atoms with van der Waals surface area (Å²) in [5.41, 5.74) is 3.07. The lowest BCUT2D eigenvalue weighted by Crippen LogP contribution is -2.50. The zero-order valence-electron chi connectivity index (χ0n) is 24.3. The number of fused-ring (bicyclic) bond motifs is 1. The number of hydrogen-bond donors (Lipinski definition) is 1. The fourth-order valence-corrected chi connectivity index (χ4v) is 6.28. The minimum Gasteiger partial charge on any atom is -0.475 e. The SMILES string of the molecule is CC(=O)OCC(=O)N1CCN(c2ccc(C)c(-c3ccc4c(c3)N(C)S(=O)(=O)N4CC3CC3(F)F)n2)CC1.O=C(O)C(F)(F)F. The maximum atomic E-state index is 13.5. The van der Waals surface area contributed by atoms with Crippen LogP contribution in [0.4, 0.5) is 39.1 Å². The molecule has 0 radical (unpaired) electrons. The number of anilines is 3. The number of alkyl halides is 5. The van der Waals surface area contributed by atoms with E-state index in [0.717, 1.165) is 20.0 Å². The van der Waals surface area contributed by atoms with Gasteiger partial charge in [-0.3, -0.25) is 18.2 Å². The summed E-state index contributed by atoms with van der Waals surface area (Å²) in [5, 5.41) is 7.12. The number of carboxylic acid groups (broad SMARTS) is 1. The number of esters is 1. The van der Waals surface area contributed by atoms with Crippen LogP contribution in [0.2, 0.25) is 0 Å². The van der Waals surface area contributed by atoms with Crippen LogP contribution in [0.15, 0.2) is 30.3 Å². The predicted molar refractivity (Wildman–Crippen MR) is 151 cm³/mol. The maximum absolute atomic E-state index is 13.5. The van der Waals surface area contributed by atoms with Crippen LogP contribution in [0.1, 0.15) is 18.9 Å². The normalized spacial score (nSPS) is 19.8. The highest BCUT2D eigenvalue weighted by Crippen LogP contribution is 2.51. The zero-order chi connectivity index (χ0) is 33.5. The van der Waals surface area contributed by atoms with Crippen molar-refractivity contribution in [1.29, 1.82) is 0 Å². The molecule has 2 aliphatic heterocycles. The van der Waals surface area contributed by atoms with Crippen LogP contribution in [0, 0.1) is 12.8 Å². The molecule has 12 nitrogen and oxygen atoms in total. The maximum Gasteiger partial charge on any atom is 0.490 e. The van der Waals surface area contributed by atoms with E-state index >= 15 is 0 Å². The first kappa shape index (κ1) is 33.7. The standard InChI is InChI=1S/C25H29F2N5O5S.C2HF3O2/c1-16-4-7-22(30-8-10-31(11-9-30)23(34)15-37-17(2)33)28-24(16)18-5-6-20-21(12-18)29(3)38(35,36)32(20)14-19-13-25(19,26)27;3-2(4,5)1(6)7/h4-7,12,19H,8-11,13-15H2,1-3H3;(H,6,7). The molecular formula is C27H30F5N5O7S. The van der Waals surface area contributed by atoms with E-state index in [1.807, 2.05) is 19.1 Å². The molecule has 3 heterocycles. The Hall–Kier alpha value is -4.22. The molecule has 18 heteroatoms. The Kier molecular flexibility index (Phi) is 9.19. The van der Waals surface area contributed by atoms with Crippen molar-refractivity contribution in [3.8, 4) is 11.3 Å². The largest absolute Gasteiger partial charge is 0.490 e. The summed E-state index contributed by atoms with van der Waals surface area (Å²) in [5.74, 6) is -6.58. The number of aromatic nitrogens is 1. The van der Waals surface area contributed by atoms with Crippen molar-refractivity contribution in [3.63, 3.8) is 0 Å². The number of amides is 1. The fraction of sp³-hybridized carbons (Fsp3) is 0.481. The Morgan fingerprint density at radius 1 is 1.07 bits per heavy atom. The summed E-state index contributed by atoms with van der Waals surface area (Å²) in [4.78, 5) is 40.7. The first-order chi connectivity index (χ1) is 20.8. The number of piperazine rings is 1. The first-order valence-corrected chi connectivity index (χ1v) is 15.0. The Morgan fingerprint density at radius 3 is 2.20 bits per heavy atom. The van der Waals surface area contributed by atoms with Gasteiger partial charge in [0.15, 0.2) is 6.61 Å². The van der Waals surface area contributed by atoms with Gasteiger partial charge in [-0.05, 0) is 30.7 Å². The van der Waals surface area contributed by atoms with Gasteiger partial charge in [0, 0.05) is 64.6 Å². The monoisotopic (exact) mass is 663 g/mol. The molecular weight excluding hydrogens is 633 g/mol. The van der Waals surface area contributed by atoms with E-state index in [2.05, 4.69) is 4.90 Å². The highest BCUT2D eigenvalue weighted by molar-refractivity contribution is 7.94. The minimum absolute atomic E-state index is 0.242. The summed E-state index contributed by atoms with van der Waals surface area (Å²) in [6, 6.07) is 8.97. The van der Waals surface area contributed by atoms with Crippen molar-refractivity contribution in [1.82, 2.24) is 9.88 Å². The average molecular weight is 664 g/mol. The van der Waals surface area contributed by atoms with Crippen molar-refractivity contribution >= 4 is 45.2 Å². The predicted octanol–water partition coefficient (Wildman–Crippen LogP) is 3.06. The second-order valence-electron chi connectivity index (χ2n) is 10.7. The van der Waals surface area contributed by atoms with Crippen molar-refractivity contribution in [2.45, 2.75) is 32.4 Å². The van der Waals surface area contributed by atoms with Gasteiger partial charge >= 0.3 is 28.3 Å². The number of nitrogens with zero attached hydrogens (tertiary/aromatic N) is 5. The van der Waals surface area contributed by atoms with Crippen LogP contribution in [0.5, 0.6) is 0 Å². The highest BCUT2D eigenvalue weighted by Gasteiger charge is 2.59. The number of carboxylic acids is 1. The molecule has 1 aromatic carbocycles. The molecule has 1 saturated carbocycles. The zero-order valence-corrected chi connectivity index (χ0v) is 25.2. The Labute approximate surface area is 255 Å². The molecule has 2 fully saturated rings. The third-order valence-electron chi connectivity index (χ3n) is 7.50. The number of hydrogen-bond acceptors (Lipinski definition) is 8. The van der Waals surface area contributed by atoms with Gasteiger partial charge in [-0.1, -0.05) is 12.1 Å². The van der Waals surface area contributed by atoms with Crippen LogP contribution < -0.4 is 13.5 Å². The molecule has 3 aliphatic rings. The number of carbonyl (C=O) groups is 3. The fourth-order valence-electron chi connectivity index (χ4n) is 4.82. The molecule has 5 rings (SSSR count). The van der Waals surface area contributed by atoms with Crippen LogP contribution in [-0.4, -0.2) is 99.7 Å². The van der Waals surface area contributed by atoms with Crippen molar-refractivity contribution in [2.75, 3.05) is 59.9 Å². The van der Waals surface area contributed by atoms with E-state index < -0.39 is 40.2 Å². The van der Waals surface area contributed by atoms with Gasteiger partial charge in [-0.2, -0.15) is 21.6 Å². The molecule has 1 aliphatic carbocycles. The quantitative estimate of drug-likeness (QED) is 0.365. The van der Waals surface area contributed by atoms with Crippen molar-refractivity contribution in [3.05, 3.63) is 35.9 Å². The van der Waals surface area contributed by atoms with Crippen molar-refractivity contribution in [2.24, 2.45) is 5.92 Å². The summed E-state index contributed by atoms with van der Waals surface area (Å²) >= 11 is 0. The van der Waals surface area contributed by atoms with E-state index in [4.69, 9.17) is 19.6 Å². The molecule has 246 valence electrons. The molecule has 1 N–H and O–H groups in total. The second-order valence-corrected chi connectivity index (χ2v) is 12.5. The van der Waals surface area contributed by atoms with Crippen LogP contribution in [0.25, 0.3) is 11.3 Å². The first-order valence-electron chi connectivity index (χ1n) is 13.6. The minimum atomic E-state index is -5.08. The Morgan fingerprint density at radius 2 is 1.67 bits per heavy atom. The number of rotatable bonds is 6. The van der Waals surface area contributed by atoms with Crippen LogP contribution in [0.3, 0.4) is 0 Å². The molecule has 0 spiro atoms. The summed E-state index contributed by atoms with van der Waals surface area (Å²) < 4.78 is 91.8. The van der Waals surface area contributed by atoms with E-state index in [1.165, 1.54) is 14.0 Å². The third-order valence-corrected chi connectivity index (χ3v) is 9.29. The molecule has 1 unspecified atom stereocenters. The lowest BCUT2D eigenvalue weighted by Gasteiger charge is -2.35. The summed E-state index contributed by atoms with van der Waals surface area (Å²) in [7, 11) is -2.52. The molecule has 2 aromatic rings. The lowest BCUT2D eigenvalue weighted by atomic mass is 10.0. The van der Waals surface area contributed by atoms with Gasteiger partial charge in [-0.25, -0.2) is 18.6 Å². The number of carbonyl (C=O) groups excluding carboxylic acids is 2. The van der Waals surface area contributed by atoms with E-state index in [9.17, 15) is 40.0 Å². The van der Waals surface area contributed by atoms with Gasteiger partial charge in [0.1, 0.15) is 5.82 Å². The lowest BCUT2D eigenvalue weighted by molar-refractivity contribution is -0.192. The molecule has 1 saturated heterocycles. The second kappa shape index (κ2) is 12.3. The third kappa shape index (κ3) is 7.37. The molecule has 1 amide bonds. The smallest absolute Gasteiger partial charge is 0.475 e. The highest BCUT2D eigenvalue weighted by atomic mass is 32.2. The van der Waals surface area contributed by atoms with Crippen LogP contribution in [-0.2, 0) is 29.3 Å². The van der Waals surface area contributed by atoms with Gasteiger partial charge < -0.3 is 19.6 Å². The molecule has 1 atom stereocenters. The Bertz CT molecular complexity index is 1600. The van der Waals surface area contributed by atoms with Crippen molar-refractivity contribution < 1.29 is 54.6 Å². The molecule has 45 heavy (non-hydrogen) atoms. The number of ether oxygens (including phenoxy) is 1. The number of benzene rings is 1. The number of halogens is 5. The number of aryl methyl sites for hydroxylation is 1. The molecule has 1 aromatic heterocycles. The van der Waals surface area contributed by atoms with Gasteiger partial charge in [0.2, 0.25) is 0 Å². The summed E-state index contributed by atoms with van der Waals surface area (Å²) in [6.45, 7) is 4.66.